The van der Waals surface area contributed by atoms with Crippen LogP contribution in [0.15, 0.2) is 42.6 Å². The van der Waals surface area contributed by atoms with Gasteiger partial charge in [0, 0.05) is 18.8 Å². The third-order valence-corrected chi connectivity index (χ3v) is 3.11. The largest absolute Gasteiger partial charge is 0.417 e. The first-order valence-electron chi connectivity index (χ1n) is 6.20. The van der Waals surface area contributed by atoms with Gasteiger partial charge in [-0.2, -0.15) is 18.2 Å². The molecule has 0 aliphatic rings. The number of nitrogens with one attached hydrogen (secondary N) is 1. The number of aromatic nitrogens is 3. The second kappa shape index (κ2) is 4.76. The van der Waals surface area contributed by atoms with E-state index in [2.05, 4.69) is 15.4 Å². The minimum absolute atomic E-state index is 0.0886. The molecule has 0 aliphatic carbocycles. The van der Waals surface area contributed by atoms with Gasteiger partial charge in [0.1, 0.15) is 0 Å². The Balaban J connectivity index is 2.29. The Morgan fingerprint density at radius 2 is 1.76 bits per heavy atom. The molecule has 0 fully saturated rings. The van der Waals surface area contributed by atoms with Gasteiger partial charge in [0.25, 0.3) is 0 Å². The fraction of sp³-hybridized carbons (Fsp3) is 0.143. The van der Waals surface area contributed by atoms with Gasteiger partial charge in [-0.15, -0.1) is 5.10 Å². The monoisotopic (exact) mass is 292 g/mol. The van der Waals surface area contributed by atoms with E-state index in [9.17, 15) is 13.2 Å². The Morgan fingerprint density at radius 3 is 2.48 bits per heavy atom. The molecule has 0 aliphatic heterocycles. The van der Waals surface area contributed by atoms with E-state index in [1.165, 1.54) is 16.6 Å². The smallest absolute Gasteiger partial charge is 0.356 e. The number of fused-ring (bicyclic) bond motifs is 1. The summed E-state index contributed by atoms with van der Waals surface area (Å²) in [6.45, 7) is 0. The Labute approximate surface area is 118 Å². The molecule has 0 radical (unpaired) electrons. The number of anilines is 1. The van der Waals surface area contributed by atoms with Gasteiger partial charge >= 0.3 is 6.18 Å². The SMILES string of the molecule is CNc1nc2c(-c3ccccc3C(F)(F)F)cccn2n1. The zero-order valence-corrected chi connectivity index (χ0v) is 11.0. The normalized spacial score (nSPS) is 11.8. The van der Waals surface area contributed by atoms with Crippen LogP contribution in [0.1, 0.15) is 5.56 Å². The summed E-state index contributed by atoms with van der Waals surface area (Å²) in [5.74, 6) is 0.354. The van der Waals surface area contributed by atoms with Crippen molar-refractivity contribution in [1.29, 1.82) is 0 Å². The maximum Gasteiger partial charge on any atom is 0.417 e. The molecule has 1 N–H and O–H groups in total. The minimum atomic E-state index is -4.42. The standard InChI is InChI=1S/C14H11F3N4/c1-18-13-19-12-10(6-4-8-21(12)20-13)9-5-2-3-7-11(9)14(15,16)17/h2-8H,1H3,(H,18,20). The molecule has 3 rings (SSSR count). The molecule has 4 nitrogen and oxygen atoms in total. The van der Waals surface area contributed by atoms with Gasteiger partial charge in [0.05, 0.1) is 5.56 Å². The lowest BCUT2D eigenvalue weighted by atomic mass is 10.0. The summed E-state index contributed by atoms with van der Waals surface area (Å²) < 4.78 is 40.9. The van der Waals surface area contributed by atoms with Crippen molar-refractivity contribution in [2.45, 2.75) is 6.18 Å². The third-order valence-electron chi connectivity index (χ3n) is 3.11. The van der Waals surface area contributed by atoms with Gasteiger partial charge in [-0.05, 0) is 23.8 Å². The highest BCUT2D eigenvalue weighted by molar-refractivity contribution is 5.80. The first-order chi connectivity index (χ1) is 10.0. The highest BCUT2D eigenvalue weighted by Gasteiger charge is 2.33. The molecule has 3 aromatic rings. The molecular weight excluding hydrogens is 281 g/mol. The number of hydrogen-bond acceptors (Lipinski definition) is 3. The van der Waals surface area contributed by atoms with Crippen molar-refractivity contribution in [1.82, 2.24) is 14.6 Å². The third kappa shape index (κ3) is 2.31. The average Bonchev–Trinajstić information content (AvgIpc) is 2.89. The lowest BCUT2D eigenvalue weighted by Gasteiger charge is -2.12. The molecule has 0 unspecified atom stereocenters. The van der Waals surface area contributed by atoms with Gasteiger partial charge < -0.3 is 5.32 Å². The van der Waals surface area contributed by atoms with Crippen LogP contribution in [0.5, 0.6) is 0 Å². The molecule has 7 heteroatoms. The second-order valence-corrected chi connectivity index (χ2v) is 4.42. The molecular formula is C14H11F3N4. The van der Waals surface area contributed by atoms with E-state index in [-0.39, 0.29) is 5.56 Å². The van der Waals surface area contributed by atoms with Gasteiger partial charge in [-0.25, -0.2) is 4.52 Å². The Kier molecular flexibility index (Phi) is 3.04. The van der Waals surface area contributed by atoms with Crippen molar-refractivity contribution in [2.75, 3.05) is 12.4 Å². The van der Waals surface area contributed by atoms with Gasteiger partial charge in [-0.3, -0.25) is 0 Å². The fourth-order valence-corrected chi connectivity index (χ4v) is 2.19. The maximum atomic E-state index is 13.2. The lowest BCUT2D eigenvalue weighted by molar-refractivity contribution is -0.137. The summed E-state index contributed by atoms with van der Waals surface area (Å²) in [4.78, 5) is 4.20. The summed E-state index contributed by atoms with van der Waals surface area (Å²) in [5.41, 5.74) is 0.163. The van der Waals surface area contributed by atoms with Gasteiger partial charge in [0.15, 0.2) is 5.65 Å². The maximum absolute atomic E-state index is 13.2. The van der Waals surface area contributed by atoms with Crippen LogP contribution in [-0.2, 0) is 6.18 Å². The Hall–Kier alpha value is -2.57. The number of rotatable bonds is 2. The van der Waals surface area contributed by atoms with Crippen LogP contribution in [0.25, 0.3) is 16.8 Å². The van der Waals surface area contributed by atoms with Crippen molar-refractivity contribution in [3.63, 3.8) is 0 Å². The summed E-state index contributed by atoms with van der Waals surface area (Å²) in [6, 6.07) is 8.69. The van der Waals surface area contributed by atoms with E-state index in [0.717, 1.165) is 6.07 Å². The molecule has 0 bridgehead atoms. The molecule has 108 valence electrons. The number of benzene rings is 1. The second-order valence-electron chi connectivity index (χ2n) is 4.42. The molecule has 1 aromatic carbocycles. The van der Waals surface area contributed by atoms with Gasteiger partial charge in [-0.1, -0.05) is 18.2 Å². The molecule has 0 saturated carbocycles. The van der Waals surface area contributed by atoms with E-state index >= 15 is 0 Å². The van der Waals surface area contributed by atoms with Crippen LogP contribution in [0.3, 0.4) is 0 Å². The first-order valence-corrected chi connectivity index (χ1v) is 6.20. The van der Waals surface area contributed by atoms with Crippen LogP contribution < -0.4 is 5.32 Å². The zero-order chi connectivity index (χ0) is 15.0. The topological polar surface area (TPSA) is 42.2 Å². The molecule has 2 heterocycles. The van der Waals surface area contributed by atoms with E-state index in [1.54, 1.807) is 31.4 Å². The van der Waals surface area contributed by atoms with Crippen molar-refractivity contribution in [3.8, 4) is 11.1 Å². The van der Waals surface area contributed by atoms with Crippen LogP contribution in [0.2, 0.25) is 0 Å². The average molecular weight is 292 g/mol. The van der Waals surface area contributed by atoms with Gasteiger partial charge in [0.2, 0.25) is 5.95 Å². The van der Waals surface area contributed by atoms with Crippen molar-refractivity contribution < 1.29 is 13.2 Å². The highest BCUT2D eigenvalue weighted by Crippen LogP contribution is 2.37. The van der Waals surface area contributed by atoms with Crippen molar-refractivity contribution in [2.24, 2.45) is 0 Å². The summed E-state index contributed by atoms with van der Waals surface area (Å²) in [5, 5.41) is 6.90. The number of nitrogens with zero attached hydrogens (tertiary/aromatic N) is 3. The Morgan fingerprint density at radius 1 is 1.05 bits per heavy atom. The number of hydrogen-bond donors (Lipinski definition) is 1. The van der Waals surface area contributed by atoms with Crippen molar-refractivity contribution in [3.05, 3.63) is 48.2 Å². The van der Waals surface area contributed by atoms with E-state index in [4.69, 9.17) is 0 Å². The molecule has 2 aromatic heterocycles. The molecule has 0 saturated heterocycles. The predicted molar refractivity (Wildman–Crippen MR) is 73.0 cm³/mol. The summed E-state index contributed by atoms with van der Waals surface area (Å²) >= 11 is 0. The number of alkyl halides is 3. The summed E-state index contributed by atoms with van der Waals surface area (Å²) in [7, 11) is 1.65. The molecule has 0 spiro atoms. The van der Waals surface area contributed by atoms with E-state index in [1.807, 2.05) is 0 Å². The Bertz CT molecular complexity index is 792. The van der Waals surface area contributed by atoms with Crippen LogP contribution in [0, 0.1) is 0 Å². The number of pyridine rings is 1. The predicted octanol–water partition coefficient (Wildman–Crippen LogP) is 3.46. The number of halogens is 3. The van der Waals surface area contributed by atoms with E-state index in [0.29, 0.717) is 17.2 Å². The van der Waals surface area contributed by atoms with Crippen LogP contribution in [-0.4, -0.2) is 21.6 Å². The van der Waals surface area contributed by atoms with Crippen LogP contribution >= 0.6 is 0 Å². The molecule has 0 amide bonds. The molecule has 0 atom stereocenters. The quantitative estimate of drug-likeness (QED) is 0.786. The summed E-state index contributed by atoms with van der Waals surface area (Å²) in [6.07, 6.45) is -2.78. The molecule has 21 heavy (non-hydrogen) atoms. The highest BCUT2D eigenvalue weighted by atomic mass is 19.4. The lowest BCUT2D eigenvalue weighted by Crippen LogP contribution is -2.07. The fourth-order valence-electron chi connectivity index (χ4n) is 2.19. The first kappa shape index (κ1) is 13.4. The van der Waals surface area contributed by atoms with E-state index < -0.39 is 11.7 Å². The van der Waals surface area contributed by atoms with Crippen LogP contribution in [0.4, 0.5) is 19.1 Å². The zero-order valence-electron chi connectivity index (χ0n) is 11.0. The minimum Gasteiger partial charge on any atom is -0.356 e. The van der Waals surface area contributed by atoms with Crippen molar-refractivity contribution >= 4 is 11.6 Å².